The SMILES string of the molecule is N#Cc1ccc2c(c1)/C(=C\c1c[nH]c3ccccc13)C(=O)N2. The van der Waals surface area contributed by atoms with Crippen molar-refractivity contribution in [1.82, 2.24) is 4.98 Å². The first-order chi connectivity index (χ1) is 10.8. The Kier molecular flexibility index (Phi) is 2.60. The third-order valence-electron chi connectivity index (χ3n) is 3.85. The quantitative estimate of drug-likeness (QED) is 0.671. The van der Waals surface area contributed by atoms with Crippen LogP contribution in [0.25, 0.3) is 22.6 Å². The number of carbonyl (C=O) groups is 1. The van der Waals surface area contributed by atoms with E-state index in [4.69, 9.17) is 5.26 Å². The molecule has 22 heavy (non-hydrogen) atoms. The molecule has 2 N–H and O–H groups in total. The molecular formula is C18H11N3O. The number of aromatic amines is 1. The van der Waals surface area contributed by atoms with Gasteiger partial charge in [-0.2, -0.15) is 5.26 Å². The van der Waals surface area contributed by atoms with Crippen molar-refractivity contribution in [2.45, 2.75) is 0 Å². The number of hydrogen-bond acceptors (Lipinski definition) is 2. The molecule has 0 unspecified atom stereocenters. The van der Waals surface area contributed by atoms with Gasteiger partial charge in [-0.1, -0.05) is 18.2 Å². The molecule has 0 aliphatic carbocycles. The van der Waals surface area contributed by atoms with Crippen molar-refractivity contribution in [2.24, 2.45) is 0 Å². The standard InChI is InChI=1S/C18H11N3O/c19-9-11-5-6-17-14(7-11)15(18(22)21-17)8-12-10-20-16-4-2-1-3-13(12)16/h1-8,10,20H,(H,21,22)/b15-8+. The number of anilines is 1. The average molecular weight is 285 g/mol. The number of rotatable bonds is 1. The predicted molar refractivity (Wildman–Crippen MR) is 86.0 cm³/mol. The van der Waals surface area contributed by atoms with Crippen LogP contribution in [0.15, 0.2) is 48.7 Å². The van der Waals surface area contributed by atoms with Gasteiger partial charge in [0.1, 0.15) is 0 Å². The predicted octanol–water partition coefficient (Wildman–Crippen LogP) is 3.53. The Morgan fingerprint density at radius 2 is 2.00 bits per heavy atom. The molecule has 2 heterocycles. The highest BCUT2D eigenvalue weighted by Gasteiger charge is 2.24. The van der Waals surface area contributed by atoms with E-state index < -0.39 is 0 Å². The zero-order chi connectivity index (χ0) is 15.1. The Morgan fingerprint density at radius 1 is 1.14 bits per heavy atom. The van der Waals surface area contributed by atoms with Gasteiger partial charge in [-0.15, -0.1) is 0 Å². The molecule has 4 rings (SSSR count). The highest BCUT2D eigenvalue weighted by Crippen LogP contribution is 2.34. The fourth-order valence-corrected chi connectivity index (χ4v) is 2.77. The second kappa shape index (κ2) is 4.61. The minimum atomic E-state index is -0.143. The first-order valence-electron chi connectivity index (χ1n) is 6.90. The van der Waals surface area contributed by atoms with Crippen LogP contribution < -0.4 is 5.32 Å². The number of hydrogen-bond donors (Lipinski definition) is 2. The molecule has 3 aromatic rings. The lowest BCUT2D eigenvalue weighted by Gasteiger charge is -1.99. The van der Waals surface area contributed by atoms with E-state index in [1.807, 2.05) is 36.5 Å². The van der Waals surface area contributed by atoms with Crippen LogP contribution in [0.5, 0.6) is 0 Å². The Balaban J connectivity index is 1.90. The highest BCUT2D eigenvalue weighted by atomic mass is 16.2. The maximum atomic E-state index is 12.2. The number of nitrogens with one attached hydrogen (secondary N) is 2. The van der Waals surface area contributed by atoms with Crippen LogP contribution in [0.1, 0.15) is 16.7 Å². The molecule has 0 radical (unpaired) electrons. The van der Waals surface area contributed by atoms with Gasteiger partial charge in [0.15, 0.2) is 0 Å². The molecule has 1 aromatic heterocycles. The lowest BCUT2D eigenvalue weighted by molar-refractivity contribution is -0.110. The molecule has 1 aliphatic rings. The van der Waals surface area contributed by atoms with E-state index in [0.29, 0.717) is 11.1 Å². The Morgan fingerprint density at radius 3 is 2.86 bits per heavy atom. The third-order valence-corrected chi connectivity index (χ3v) is 3.85. The van der Waals surface area contributed by atoms with E-state index in [1.165, 1.54) is 0 Å². The van der Waals surface area contributed by atoms with Gasteiger partial charge < -0.3 is 10.3 Å². The van der Waals surface area contributed by atoms with Gasteiger partial charge in [0.05, 0.1) is 11.6 Å². The van der Waals surface area contributed by atoms with Gasteiger partial charge in [-0.3, -0.25) is 4.79 Å². The van der Waals surface area contributed by atoms with Gasteiger partial charge in [0.25, 0.3) is 5.91 Å². The number of carbonyl (C=O) groups excluding carboxylic acids is 1. The Bertz CT molecular complexity index is 989. The summed E-state index contributed by atoms with van der Waals surface area (Å²) in [6.07, 6.45) is 3.75. The molecule has 0 saturated heterocycles. The second-order valence-corrected chi connectivity index (χ2v) is 5.17. The van der Waals surface area contributed by atoms with Gasteiger partial charge >= 0.3 is 0 Å². The fraction of sp³-hybridized carbons (Fsp3) is 0. The van der Waals surface area contributed by atoms with E-state index >= 15 is 0 Å². The van der Waals surface area contributed by atoms with E-state index in [9.17, 15) is 4.79 Å². The fourth-order valence-electron chi connectivity index (χ4n) is 2.77. The minimum absolute atomic E-state index is 0.143. The Labute approximate surface area is 126 Å². The van der Waals surface area contributed by atoms with E-state index in [-0.39, 0.29) is 5.91 Å². The molecule has 4 heteroatoms. The first kappa shape index (κ1) is 12.4. The van der Waals surface area contributed by atoms with E-state index in [2.05, 4.69) is 16.4 Å². The van der Waals surface area contributed by atoms with Gasteiger partial charge in [-0.25, -0.2) is 0 Å². The summed E-state index contributed by atoms with van der Waals surface area (Å²) in [5, 5.41) is 12.9. The molecule has 1 amide bonds. The van der Waals surface area contributed by atoms with E-state index in [0.717, 1.165) is 27.7 Å². The molecule has 0 fully saturated rings. The number of nitrogens with zero attached hydrogens (tertiary/aromatic N) is 1. The number of H-pyrrole nitrogens is 1. The van der Waals surface area contributed by atoms with Crippen molar-refractivity contribution < 1.29 is 4.79 Å². The molecule has 0 bridgehead atoms. The molecule has 104 valence electrons. The zero-order valence-electron chi connectivity index (χ0n) is 11.6. The summed E-state index contributed by atoms with van der Waals surface area (Å²) in [6, 6.07) is 15.3. The molecule has 0 spiro atoms. The number of nitriles is 1. The van der Waals surface area contributed by atoms with Gasteiger partial charge in [-0.05, 0) is 30.3 Å². The maximum Gasteiger partial charge on any atom is 0.256 e. The molecule has 2 aromatic carbocycles. The third kappa shape index (κ3) is 1.80. The van der Waals surface area contributed by atoms with Crippen molar-refractivity contribution in [3.05, 3.63) is 65.4 Å². The van der Waals surface area contributed by atoms with Crippen molar-refractivity contribution in [1.29, 1.82) is 5.26 Å². The highest BCUT2D eigenvalue weighted by molar-refractivity contribution is 6.35. The van der Waals surface area contributed by atoms with Crippen molar-refractivity contribution >= 4 is 34.1 Å². The van der Waals surface area contributed by atoms with E-state index in [1.54, 1.807) is 18.2 Å². The lowest BCUT2D eigenvalue weighted by Crippen LogP contribution is -2.03. The maximum absolute atomic E-state index is 12.2. The Hall–Kier alpha value is -3.32. The molecular weight excluding hydrogens is 274 g/mol. The number of benzene rings is 2. The number of aromatic nitrogens is 1. The summed E-state index contributed by atoms with van der Waals surface area (Å²) in [5.74, 6) is -0.143. The van der Waals surface area contributed by atoms with Crippen LogP contribution >= 0.6 is 0 Å². The molecule has 1 aliphatic heterocycles. The minimum Gasteiger partial charge on any atom is -0.361 e. The van der Waals surface area contributed by atoms with Crippen molar-refractivity contribution in [2.75, 3.05) is 5.32 Å². The molecule has 4 nitrogen and oxygen atoms in total. The number of fused-ring (bicyclic) bond motifs is 2. The summed E-state index contributed by atoms with van der Waals surface area (Å²) in [6.45, 7) is 0. The summed E-state index contributed by atoms with van der Waals surface area (Å²) in [5.41, 5.74) is 4.62. The summed E-state index contributed by atoms with van der Waals surface area (Å²) in [4.78, 5) is 15.4. The number of amides is 1. The zero-order valence-corrected chi connectivity index (χ0v) is 11.6. The molecule has 0 saturated carbocycles. The largest absolute Gasteiger partial charge is 0.361 e. The van der Waals surface area contributed by atoms with Crippen LogP contribution in [-0.2, 0) is 4.79 Å². The summed E-state index contributed by atoms with van der Waals surface area (Å²) >= 11 is 0. The van der Waals surface area contributed by atoms with Crippen molar-refractivity contribution in [3.63, 3.8) is 0 Å². The lowest BCUT2D eigenvalue weighted by atomic mass is 10.0. The second-order valence-electron chi connectivity index (χ2n) is 5.17. The van der Waals surface area contributed by atoms with Gasteiger partial charge in [0.2, 0.25) is 0 Å². The normalized spacial score (nSPS) is 14.9. The smallest absolute Gasteiger partial charge is 0.256 e. The molecule has 0 atom stereocenters. The topological polar surface area (TPSA) is 68.7 Å². The van der Waals surface area contributed by atoms with Crippen LogP contribution in [0, 0.1) is 11.3 Å². The average Bonchev–Trinajstić information content (AvgIpc) is 3.09. The van der Waals surface area contributed by atoms with Crippen molar-refractivity contribution in [3.8, 4) is 6.07 Å². The summed E-state index contributed by atoms with van der Waals surface area (Å²) < 4.78 is 0. The van der Waals surface area contributed by atoms with Crippen LogP contribution in [0.2, 0.25) is 0 Å². The summed E-state index contributed by atoms with van der Waals surface area (Å²) in [7, 11) is 0. The van der Waals surface area contributed by atoms with Crippen LogP contribution in [0.3, 0.4) is 0 Å². The monoisotopic (exact) mass is 285 g/mol. The first-order valence-corrected chi connectivity index (χ1v) is 6.90. The van der Waals surface area contributed by atoms with Crippen LogP contribution in [0.4, 0.5) is 5.69 Å². The number of para-hydroxylation sites is 1. The van der Waals surface area contributed by atoms with Crippen LogP contribution in [-0.4, -0.2) is 10.9 Å². The van der Waals surface area contributed by atoms with Gasteiger partial charge in [0, 0.05) is 39.5 Å².